The van der Waals surface area contributed by atoms with Gasteiger partial charge in [0.1, 0.15) is 12.7 Å². The Hall–Kier alpha value is -2.05. The van der Waals surface area contributed by atoms with Crippen LogP contribution in [0.1, 0.15) is 13.8 Å². The topological polar surface area (TPSA) is 50.8 Å². The molecule has 138 valence electrons. The molecule has 1 aliphatic rings. The number of benzene rings is 2. The van der Waals surface area contributed by atoms with Crippen molar-refractivity contribution in [2.24, 2.45) is 0 Å². The predicted molar refractivity (Wildman–Crippen MR) is 106 cm³/mol. The number of hydrogen-bond donors (Lipinski definition) is 1. The number of halogens is 1. The van der Waals surface area contributed by atoms with E-state index < -0.39 is 0 Å². The molecule has 1 heterocycles. The van der Waals surface area contributed by atoms with Gasteiger partial charge >= 0.3 is 0 Å². The highest BCUT2D eigenvalue weighted by Crippen LogP contribution is 2.31. The SMILES string of the molecule is CCN(CC1COc2ccccc2O1)C(C)C(=O)Nc1ccccc1Br. The van der Waals surface area contributed by atoms with E-state index in [1.165, 1.54) is 0 Å². The van der Waals surface area contributed by atoms with E-state index in [0.29, 0.717) is 13.2 Å². The molecule has 26 heavy (non-hydrogen) atoms. The lowest BCUT2D eigenvalue weighted by Crippen LogP contribution is -2.48. The Morgan fingerprint density at radius 1 is 1.23 bits per heavy atom. The number of nitrogens with zero attached hydrogens (tertiary/aromatic N) is 1. The number of ether oxygens (including phenoxy) is 2. The third-order valence-corrected chi connectivity index (χ3v) is 5.16. The minimum Gasteiger partial charge on any atom is -0.486 e. The summed E-state index contributed by atoms with van der Waals surface area (Å²) in [6.45, 7) is 5.79. The molecule has 2 aromatic rings. The van der Waals surface area contributed by atoms with Gasteiger partial charge < -0.3 is 14.8 Å². The molecule has 2 aromatic carbocycles. The summed E-state index contributed by atoms with van der Waals surface area (Å²) in [5.41, 5.74) is 0.770. The van der Waals surface area contributed by atoms with E-state index in [4.69, 9.17) is 9.47 Å². The molecule has 6 heteroatoms. The highest BCUT2D eigenvalue weighted by molar-refractivity contribution is 9.10. The number of para-hydroxylation sites is 3. The van der Waals surface area contributed by atoms with Gasteiger partial charge in [-0.15, -0.1) is 0 Å². The van der Waals surface area contributed by atoms with E-state index in [9.17, 15) is 4.79 Å². The van der Waals surface area contributed by atoms with Gasteiger partial charge in [0.25, 0.3) is 0 Å². The van der Waals surface area contributed by atoms with Crippen LogP contribution in [0.5, 0.6) is 11.5 Å². The number of hydrogen-bond acceptors (Lipinski definition) is 4. The summed E-state index contributed by atoms with van der Waals surface area (Å²) < 4.78 is 12.7. The standard InChI is InChI=1S/C20H23BrN2O3/c1-3-23(12-15-13-25-18-10-6-7-11-19(18)26-15)14(2)20(24)22-17-9-5-4-8-16(17)21/h4-11,14-15H,3,12-13H2,1-2H3,(H,22,24). The minimum atomic E-state index is -0.284. The summed E-state index contributed by atoms with van der Waals surface area (Å²) in [6.07, 6.45) is -0.108. The van der Waals surface area contributed by atoms with Crippen molar-refractivity contribution in [3.63, 3.8) is 0 Å². The molecular formula is C20H23BrN2O3. The second kappa shape index (κ2) is 8.56. The summed E-state index contributed by atoms with van der Waals surface area (Å²) >= 11 is 3.46. The van der Waals surface area contributed by atoms with Crippen LogP contribution in [-0.2, 0) is 4.79 Å². The maximum atomic E-state index is 12.7. The Labute approximate surface area is 162 Å². The van der Waals surface area contributed by atoms with E-state index in [1.807, 2.05) is 62.4 Å². The van der Waals surface area contributed by atoms with Gasteiger partial charge in [-0.05, 0) is 53.7 Å². The smallest absolute Gasteiger partial charge is 0.241 e. The van der Waals surface area contributed by atoms with Gasteiger partial charge in [0.15, 0.2) is 11.5 Å². The van der Waals surface area contributed by atoms with Crippen molar-refractivity contribution in [1.82, 2.24) is 4.90 Å². The highest BCUT2D eigenvalue weighted by atomic mass is 79.9. The zero-order valence-electron chi connectivity index (χ0n) is 14.9. The van der Waals surface area contributed by atoms with E-state index in [1.54, 1.807) is 0 Å². The molecule has 0 radical (unpaired) electrons. The number of anilines is 1. The third kappa shape index (κ3) is 4.37. The molecule has 0 saturated heterocycles. The summed E-state index contributed by atoms with van der Waals surface area (Å²) in [7, 11) is 0. The zero-order valence-corrected chi connectivity index (χ0v) is 16.5. The fraction of sp³-hybridized carbons (Fsp3) is 0.350. The first kappa shape index (κ1) is 18.7. The van der Waals surface area contributed by atoms with E-state index in [0.717, 1.165) is 28.2 Å². The van der Waals surface area contributed by atoms with Gasteiger partial charge in [-0.2, -0.15) is 0 Å². The molecule has 0 spiro atoms. The predicted octanol–water partition coefficient (Wildman–Crippen LogP) is 3.94. The maximum absolute atomic E-state index is 12.7. The van der Waals surface area contributed by atoms with Crippen LogP contribution in [0.4, 0.5) is 5.69 Å². The first-order valence-electron chi connectivity index (χ1n) is 8.76. The van der Waals surface area contributed by atoms with Gasteiger partial charge in [-0.3, -0.25) is 9.69 Å². The van der Waals surface area contributed by atoms with Crippen LogP contribution in [0, 0.1) is 0 Å². The third-order valence-electron chi connectivity index (χ3n) is 4.47. The van der Waals surface area contributed by atoms with Crippen LogP contribution in [0.2, 0.25) is 0 Å². The first-order valence-corrected chi connectivity index (χ1v) is 9.55. The lowest BCUT2D eigenvalue weighted by atomic mass is 10.2. The normalized spacial score (nSPS) is 17.0. The minimum absolute atomic E-state index is 0.0455. The molecule has 5 nitrogen and oxygen atoms in total. The number of carbonyl (C=O) groups excluding carboxylic acids is 1. The Morgan fingerprint density at radius 2 is 1.92 bits per heavy atom. The van der Waals surface area contributed by atoms with Crippen molar-refractivity contribution in [2.45, 2.75) is 26.0 Å². The van der Waals surface area contributed by atoms with Gasteiger partial charge in [0.05, 0.1) is 11.7 Å². The van der Waals surface area contributed by atoms with Crippen LogP contribution in [0.3, 0.4) is 0 Å². The van der Waals surface area contributed by atoms with Gasteiger partial charge in [0.2, 0.25) is 5.91 Å². The van der Waals surface area contributed by atoms with E-state index >= 15 is 0 Å². The van der Waals surface area contributed by atoms with Crippen molar-refractivity contribution in [3.05, 3.63) is 53.0 Å². The highest BCUT2D eigenvalue weighted by Gasteiger charge is 2.27. The Kier molecular flexibility index (Phi) is 6.16. The summed E-state index contributed by atoms with van der Waals surface area (Å²) in [4.78, 5) is 14.8. The Morgan fingerprint density at radius 3 is 2.65 bits per heavy atom. The molecular weight excluding hydrogens is 396 g/mol. The van der Waals surface area contributed by atoms with Crippen LogP contribution in [-0.4, -0.2) is 42.6 Å². The molecule has 1 aliphatic heterocycles. The summed E-state index contributed by atoms with van der Waals surface area (Å²) in [6, 6.07) is 15.0. The number of likely N-dealkylation sites (N-methyl/N-ethyl adjacent to an activating group) is 1. The second-order valence-electron chi connectivity index (χ2n) is 6.23. The monoisotopic (exact) mass is 418 g/mol. The maximum Gasteiger partial charge on any atom is 0.241 e. The average molecular weight is 419 g/mol. The van der Waals surface area contributed by atoms with Crippen molar-refractivity contribution in [3.8, 4) is 11.5 Å². The fourth-order valence-electron chi connectivity index (χ4n) is 2.94. The molecule has 0 fully saturated rings. The molecule has 1 amide bonds. The molecule has 0 bridgehead atoms. The van der Waals surface area contributed by atoms with Gasteiger partial charge in [-0.25, -0.2) is 0 Å². The summed E-state index contributed by atoms with van der Waals surface area (Å²) in [5, 5.41) is 2.98. The lowest BCUT2D eigenvalue weighted by Gasteiger charge is -2.33. The van der Waals surface area contributed by atoms with Crippen LogP contribution in [0.25, 0.3) is 0 Å². The van der Waals surface area contributed by atoms with Crippen LogP contribution in [0.15, 0.2) is 53.0 Å². The molecule has 2 atom stereocenters. The quantitative estimate of drug-likeness (QED) is 0.771. The Balaban J connectivity index is 1.61. The fourth-order valence-corrected chi connectivity index (χ4v) is 3.33. The molecule has 3 rings (SSSR count). The molecule has 0 aliphatic carbocycles. The first-order chi connectivity index (χ1) is 12.6. The number of amides is 1. The number of nitrogens with one attached hydrogen (secondary N) is 1. The average Bonchev–Trinajstić information content (AvgIpc) is 2.67. The number of carbonyl (C=O) groups is 1. The number of rotatable bonds is 6. The van der Waals surface area contributed by atoms with Crippen molar-refractivity contribution >= 4 is 27.5 Å². The van der Waals surface area contributed by atoms with Crippen molar-refractivity contribution < 1.29 is 14.3 Å². The van der Waals surface area contributed by atoms with Crippen LogP contribution < -0.4 is 14.8 Å². The lowest BCUT2D eigenvalue weighted by molar-refractivity contribution is -0.121. The van der Waals surface area contributed by atoms with Gasteiger partial charge in [0, 0.05) is 11.0 Å². The van der Waals surface area contributed by atoms with Crippen molar-refractivity contribution in [2.75, 3.05) is 25.0 Å². The number of fused-ring (bicyclic) bond motifs is 1. The molecule has 0 aromatic heterocycles. The van der Waals surface area contributed by atoms with Crippen molar-refractivity contribution in [1.29, 1.82) is 0 Å². The molecule has 2 unspecified atom stereocenters. The van der Waals surface area contributed by atoms with Crippen LogP contribution >= 0.6 is 15.9 Å². The largest absolute Gasteiger partial charge is 0.486 e. The zero-order chi connectivity index (χ0) is 18.5. The summed E-state index contributed by atoms with van der Waals surface area (Å²) in [5.74, 6) is 1.48. The van der Waals surface area contributed by atoms with E-state index in [-0.39, 0.29) is 18.1 Å². The molecule has 1 N–H and O–H groups in total. The Bertz CT molecular complexity index is 768. The second-order valence-corrected chi connectivity index (χ2v) is 7.08. The van der Waals surface area contributed by atoms with Gasteiger partial charge in [-0.1, -0.05) is 31.2 Å². The molecule has 0 saturated carbocycles. The van der Waals surface area contributed by atoms with E-state index in [2.05, 4.69) is 26.1 Å².